The summed E-state index contributed by atoms with van der Waals surface area (Å²) < 4.78 is 40.8. The number of benzene rings is 2. The van der Waals surface area contributed by atoms with Crippen LogP contribution in [0, 0.1) is 17.7 Å². The maximum atomic E-state index is 14.0. The van der Waals surface area contributed by atoms with Crippen LogP contribution in [0.4, 0.5) is 4.39 Å². The Morgan fingerprint density at radius 2 is 1.50 bits per heavy atom. The molecule has 0 spiro atoms. The minimum Gasteiger partial charge on any atom is -0.388 e. The first kappa shape index (κ1) is 22.9. The molecule has 0 aromatic heterocycles. The standard InChI is InChI=1S/C24H29FN2O4S/c25-21-8-4-5-9-22(21)32(30,31)27-16-12-20(13-17-27)24(29)26-14-10-19(11-15-26)23(28)18-6-2-1-3-7-18/h1-9,19-20,23,28H,10-17H2. The second-order valence-corrected chi connectivity index (χ2v) is 10.5. The van der Waals surface area contributed by atoms with Gasteiger partial charge in [-0.15, -0.1) is 0 Å². The first-order chi connectivity index (χ1) is 15.4. The number of sulfonamides is 1. The van der Waals surface area contributed by atoms with Crippen LogP contribution in [0.1, 0.15) is 37.4 Å². The van der Waals surface area contributed by atoms with Crippen molar-refractivity contribution >= 4 is 15.9 Å². The molecule has 1 N–H and O–H groups in total. The lowest BCUT2D eigenvalue weighted by atomic mass is 9.86. The molecule has 2 aromatic rings. The van der Waals surface area contributed by atoms with E-state index in [0.717, 1.165) is 24.5 Å². The SMILES string of the molecule is O=C(C1CCN(S(=O)(=O)c2ccccc2F)CC1)N1CCC(C(O)c2ccccc2)CC1. The molecular formula is C24H29FN2O4S. The third-order valence-electron chi connectivity index (χ3n) is 6.70. The van der Waals surface area contributed by atoms with Gasteiger partial charge in [0.15, 0.2) is 0 Å². The van der Waals surface area contributed by atoms with Gasteiger partial charge in [-0.25, -0.2) is 12.8 Å². The summed E-state index contributed by atoms with van der Waals surface area (Å²) in [5, 5.41) is 10.6. The molecule has 2 heterocycles. The third-order valence-corrected chi connectivity index (χ3v) is 8.63. The average molecular weight is 461 g/mol. The van der Waals surface area contributed by atoms with E-state index in [-0.39, 0.29) is 35.7 Å². The first-order valence-electron chi connectivity index (χ1n) is 11.1. The van der Waals surface area contributed by atoms with Crippen LogP contribution in [-0.2, 0) is 14.8 Å². The fraction of sp³-hybridized carbons (Fsp3) is 0.458. The van der Waals surface area contributed by atoms with E-state index in [0.29, 0.717) is 25.9 Å². The summed E-state index contributed by atoms with van der Waals surface area (Å²) in [6.45, 7) is 1.61. The number of hydrogen-bond acceptors (Lipinski definition) is 4. The number of aliphatic hydroxyl groups excluding tert-OH is 1. The van der Waals surface area contributed by atoms with Crippen molar-refractivity contribution in [3.05, 3.63) is 66.0 Å². The zero-order valence-electron chi connectivity index (χ0n) is 17.9. The highest BCUT2D eigenvalue weighted by Gasteiger charge is 2.36. The molecule has 2 fully saturated rings. The molecule has 0 bridgehead atoms. The van der Waals surface area contributed by atoms with Crippen LogP contribution < -0.4 is 0 Å². The number of amides is 1. The highest BCUT2D eigenvalue weighted by atomic mass is 32.2. The van der Waals surface area contributed by atoms with E-state index in [4.69, 9.17) is 0 Å². The predicted octanol–water partition coefficient (Wildman–Crippen LogP) is 3.20. The molecule has 1 unspecified atom stereocenters. The Bertz CT molecular complexity index is 1030. The lowest BCUT2D eigenvalue weighted by Gasteiger charge is -2.38. The predicted molar refractivity (Wildman–Crippen MR) is 119 cm³/mol. The molecule has 1 atom stereocenters. The Morgan fingerprint density at radius 1 is 0.906 bits per heavy atom. The minimum atomic E-state index is -3.90. The summed E-state index contributed by atoms with van der Waals surface area (Å²) >= 11 is 0. The van der Waals surface area contributed by atoms with Gasteiger partial charge in [0.05, 0.1) is 6.10 Å². The Balaban J connectivity index is 1.30. The summed E-state index contributed by atoms with van der Waals surface area (Å²) in [4.78, 5) is 14.5. The molecular weight excluding hydrogens is 431 g/mol. The topological polar surface area (TPSA) is 77.9 Å². The average Bonchev–Trinajstić information content (AvgIpc) is 2.84. The molecule has 8 heteroatoms. The van der Waals surface area contributed by atoms with Crippen molar-refractivity contribution in [2.45, 2.75) is 36.7 Å². The van der Waals surface area contributed by atoms with Crippen molar-refractivity contribution in [3.8, 4) is 0 Å². The van der Waals surface area contributed by atoms with Gasteiger partial charge in [-0.05, 0) is 49.3 Å². The number of nitrogens with zero attached hydrogens (tertiary/aromatic N) is 2. The van der Waals surface area contributed by atoms with Crippen LogP contribution in [0.15, 0.2) is 59.5 Å². The van der Waals surface area contributed by atoms with E-state index in [1.54, 1.807) is 0 Å². The smallest absolute Gasteiger partial charge is 0.245 e. The van der Waals surface area contributed by atoms with E-state index in [1.165, 1.54) is 22.5 Å². The monoisotopic (exact) mass is 460 g/mol. The van der Waals surface area contributed by atoms with Crippen LogP contribution >= 0.6 is 0 Å². The second kappa shape index (κ2) is 9.68. The molecule has 2 aliphatic rings. The molecule has 0 radical (unpaired) electrons. The number of likely N-dealkylation sites (tertiary alicyclic amines) is 1. The van der Waals surface area contributed by atoms with Crippen molar-refractivity contribution in [3.63, 3.8) is 0 Å². The van der Waals surface area contributed by atoms with Crippen LogP contribution in [0.2, 0.25) is 0 Å². The van der Waals surface area contributed by atoms with Crippen molar-refractivity contribution in [1.82, 2.24) is 9.21 Å². The number of carbonyl (C=O) groups excluding carboxylic acids is 1. The lowest BCUT2D eigenvalue weighted by molar-refractivity contribution is -0.138. The van der Waals surface area contributed by atoms with Crippen molar-refractivity contribution in [1.29, 1.82) is 0 Å². The molecule has 2 aliphatic heterocycles. The fourth-order valence-electron chi connectivity index (χ4n) is 4.75. The summed E-state index contributed by atoms with van der Waals surface area (Å²) in [5.41, 5.74) is 0.903. The molecule has 172 valence electrons. The molecule has 0 saturated carbocycles. The molecule has 32 heavy (non-hydrogen) atoms. The van der Waals surface area contributed by atoms with E-state index in [1.807, 2.05) is 35.2 Å². The Kier molecular flexibility index (Phi) is 6.93. The zero-order valence-corrected chi connectivity index (χ0v) is 18.8. The third kappa shape index (κ3) is 4.72. The Labute approximate surface area is 188 Å². The number of hydrogen-bond donors (Lipinski definition) is 1. The van der Waals surface area contributed by atoms with Gasteiger partial charge < -0.3 is 10.0 Å². The van der Waals surface area contributed by atoms with Gasteiger partial charge in [0, 0.05) is 32.1 Å². The second-order valence-electron chi connectivity index (χ2n) is 8.63. The van der Waals surface area contributed by atoms with Gasteiger partial charge in [-0.3, -0.25) is 4.79 Å². The maximum absolute atomic E-state index is 14.0. The number of piperidine rings is 2. The molecule has 0 aliphatic carbocycles. The van der Waals surface area contributed by atoms with Crippen LogP contribution in [0.3, 0.4) is 0 Å². The number of carbonyl (C=O) groups is 1. The lowest BCUT2D eigenvalue weighted by Crippen LogP contribution is -2.47. The first-order valence-corrected chi connectivity index (χ1v) is 12.6. The van der Waals surface area contributed by atoms with Crippen LogP contribution in [0.5, 0.6) is 0 Å². The van der Waals surface area contributed by atoms with E-state index >= 15 is 0 Å². The highest BCUT2D eigenvalue weighted by molar-refractivity contribution is 7.89. The summed E-state index contributed by atoms with van der Waals surface area (Å²) in [6.07, 6.45) is 1.81. The fourth-order valence-corrected chi connectivity index (χ4v) is 6.29. The highest BCUT2D eigenvalue weighted by Crippen LogP contribution is 2.32. The number of rotatable bonds is 5. The van der Waals surface area contributed by atoms with Gasteiger partial charge in [0.1, 0.15) is 10.7 Å². The van der Waals surface area contributed by atoms with Crippen LogP contribution in [-0.4, -0.2) is 54.8 Å². The molecule has 4 rings (SSSR count). The number of aliphatic hydroxyl groups is 1. The zero-order chi connectivity index (χ0) is 22.7. The summed E-state index contributed by atoms with van der Waals surface area (Å²) in [7, 11) is -3.90. The molecule has 1 amide bonds. The van der Waals surface area contributed by atoms with Gasteiger partial charge in [-0.1, -0.05) is 42.5 Å². The van der Waals surface area contributed by atoms with Gasteiger partial charge in [0.25, 0.3) is 0 Å². The van der Waals surface area contributed by atoms with E-state index < -0.39 is 21.9 Å². The van der Waals surface area contributed by atoms with Gasteiger partial charge >= 0.3 is 0 Å². The van der Waals surface area contributed by atoms with Crippen LogP contribution in [0.25, 0.3) is 0 Å². The molecule has 2 saturated heterocycles. The largest absolute Gasteiger partial charge is 0.388 e. The summed E-state index contributed by atoms with van der Waals surface area (Å²) in [6, 6.07) is 15.0. The number of halogens is 1. The molecule has 2 aromatic carbocycles. The van der Waals surface area contributed by atoms with Crippen molar-refractivity contribution in [2.24, 2.45) is 11.8 Å². The molecule has 6 nitrogen and oxygen atoms in total. The normalized spacial score (nSPS) is 20.2. The maximum Gasteiger partial charge on any atom is 0.245 e. The Hall–Kier alpha value is -2.29. The Morgan fingerprint density at radius 3 is 2.12 bits per heavy atom. The van der Waals surface area contributed by atoms with Gasteiger partial charge in [0.2, 0.25) is 15.9 Å². The van der Waals surface area contributed by atoms with E-state index in [2.05, 4.69) is 0 Å². The quantitative estimate of drug-likeness (QED) is 0.743. The van der Waals surface area contributed by atoms with E-state index in [9.17, 15) is 22.7 Å². The summed E-state index contributed by atoms with van der Waals surface area (Å²) in [5.74, 6) is -0.807. The van der Waals surface area contributed by atoms with Gasteiger partial charge in [-0.2, -0.15) is 4.31 Å². The minimum absolute atomic E-state index is 0.0561. The van der Waals surface area contributed by atoms with Crippen molar-refractivity contribution in [2.75, 3.05) is 26.2 Å². The van der Waals surface area contributed by atoms with Crippen molar-refractivity contribution < 1.29 is 22.7 Å².